The van der Waals surface area contributed by atoms with E-state index in [1.165, 1.54) is 12.1 Å². The van der Waals surface area contributed by atoms with Crippen molar-refractivity contribution < 1.29 is 24.3 Å². The first-order valence-corrected chi connectivity index (χ1v) is 9.06. The molecule has 0 radical (unpaired) electrons. The lowest BCUT2D eigenvalue weighted by molar-refractivity contribution is -0.141. The van der Waals surface area contributed by atoms with Crippen molar-refractivity contribution in [3.63, 3.8) is 0 Å². The molecule has 1 aliphatic rings. The van der Waals surface area contributed by atoms with Crippen LogP contribution in [0.3, 0.4) is 0 Å². The van der Waals surface area contributed by atoms with Gasteiger partial charge in [-0.3, -0.25) is 19.3 Å². The number of carbonyl (C=O) groups is 4. The van der Waals surface area contributed by atoms with Gasteiger partial charge in [0.25, 0.3) is 11.8 Å². The zero-order valence-electron chi connectivity index (χ0n) is 16.1. The number of anilines is 2. The average Bonchev–Trinajstić information content (AvgIpc) is 2.94. The Kier molecular flexibility index (Phi) is 5.63. The standard InChI is InChI=1S/C21H21N3O5/c1-23(2)14-9-7-13(8-10-14)22-18(25)12-11-17(21(28)29)24-19(26)15-5-3-4-6-16(15)20(24)27/h3-10,17H,11-12H2,1-2H3,(H,22,25)(H,28,29)/t17-/m0/s1. The number of amides is 3. The number of carbonyl (C=O) groups excluding carboxylic acids is 3. The molecule has 8 heteroatoms. The minimum atomic E-state index is -1.41. The molecule has 3 rings (SSSR count). The van der Waals surface area contributed by atoms with E-state index in [1.807, 2.05) is 31.1 Å². The Morgan fingerprint density at radius 1 is 1.00 bits per heavy atom. The molecule has 2 N–H and O–H groups in total. The van der Waals surface area contributed by atoms with Crippen LogP contribution in [-0.2, 0) is 9.59 Å². The van der Waals surface area contributed by atoms with Crippen LogP contribution >= 0.6 is 0 Å². The highest BCUT2D eigenvalue weighted by atomic mass is 16.4. The number of carboxylic acids is 1. The van der Waals surface area contributed by atoms with Crippen molar-refractivity contribution in [1.82, 2.24) is 4.90 Å². The van der Waals surface area contributed by atoms with Gasteiger partial charge in [-0.15, -0.1) is 0 Å². The van der Waals surface area contributed by atoms with Gasteiger partial charge in [-0.1, -0.05) is 12.1 Å². The molecule has 0 fully saturated rings. The summed E-state index contributed by atoms with van der Waals surface area (Å²) in [6.45, 7) is 0. The summed E-state index contributed by atoms with van der Waals surface area (Å²) in [6, 6.07) is 11.9. The topological polar surface area (TPSA) is 107 Å². The predicted octanol–water partition coefficient (Wildman–Crippen LogP) is 2.22. The van der Waals surface area contributed by atoms with E-state index in [-0.39, 0.29) is 24.0 Å². The molecule has 29 heavy (non-hydrogen) atoms. The largest absolute Gasteiger partial charge is 0.480 e. The first-order valence-electron chi connectivity index (χ1n) is 9.06. The summed E-state index contributed by atoms with van der Waals surface area (Å²) in [7, 11) is 3.80. The highest BCUT2D eigenvalue weighted by Crippen LogP contribution is 2.26. The van der Waals surface area contributed by atoms with Gasteiger partial charge >= 0.3 is 5.97 Å². The van der Waals surface area contributed by atoms with Crippen molar-refractivity contribution in [3.05, 3.63) is 59.7 Å². The number of benzene rings is 2. The summed E-state index contributed by atoms with van der Waals surface area (Å²) in [5, 5.41) is 12.2. The quantitative estimate of drug-likeness (QED) is 0.696. The number of hydrogen-bond acceptors (Lipinski definition) is 5. The van der Waals surface area contributed by atoms with Crippen LogP contribution in [0, 0.1) is 0 Å². The second-order valence-electron chi connectivity index (χ2n) is 6.91. The van der Waals surface area contributed by atoms with E-state index < -0.39 is 29.7 Å². The van der Waals surface area contributed by atoms with Crippen LogP contribution in [0.15, 0.2) is 48.5 Å². The molecule has 1 aliphatic heterocycles. The van der Waals surface area contributed by atoms with E-state index >= 15 is 0 Å². The molecular formula is C21H21N3O5. The molecule has 150 valence electrons. The van der Waals surface area contributed by atoms with Gasteiger partial charge in [0.05, 0.1) is 11.1 Å². The van der Waals surface area contributed by atoms with Crippen molar-refractivity contribution in [1.29, 1.82) is 0 Å². The third kappa shape index (κ3) is 4.11. The number of rotatable bonds is 7. The number of aliphatic carboxylic acids is 1. The van der Waals surface area contributed by atoms with Crippen LogP contribution in [-0.4, -0.2) is 53.8 Å². The second-order valence-corrected chi connectivity index (χ2v) is 6.91. The van der Waals surface area contributed by atoms with Gasteiger partial charge in [-0.2, -0.15) is 0 Å². The van der Waals surface area contributed by atoms with Crippen LogP contribution in [0.4, 0.5) is 11.4 Å². The van der Waals surface area contributed by atoms with Gasteiger partial charge in [-0.25, -0.2) is 4.79 Å². The Hall–Kier alpha value is -3.68. The van der Waals surface area contributed by atoms with E-state index in [1.54, 1.807) is 24.3 Å². The highest BCUT2D eigenvalue weighted by Gasteiger charge is 2.42. The number of nitrogens with one attached hydrogen (secondary N) is 1. The van der Waals surface area contributed by atoms with E-state index in [0.717, 1.165) is 10.6 Å². The van der Waals surface area contributed by atoms with E-state index in [2.05, 4.69) is 5.32 Å². The summed E-state index contributed by atoms with van der Waals surface area (Å²) in [5.74, 6) is -3.04. The van der Waals surface area contributed by atoms with Gasteiger partial charge in [0.1, 0.15) is 6.04 Å². The molecule has 1 atom stereocenters. The third-order valence-electron chi connectivity index (χ3n) is 4.73. The van der Waals surface area contributed by atoms with E-state index in [4.69, 9.17) is 0 Å². The summed E-state index contributed by atoms with van der Waals surface area (Å²) in [6.07, 6.45) is -0.331. The fourth-order valence-electron chi connectivity index (χ4n) is 3.19. The highest BCUT2D eigenvalue weighted by molar-refractivity contribution is 6.22. The normalized spacial score (nSPS) is 13.8. The Morgan fingerprint density at radius 3 is 2.03 bits per heavy atom. The number of fused-ring (bicyclic) bond motifs is 1. The molecule has 2 aromatic carbocycles. The minimum absolute atomic E-state index is 0.153. The fraction of sp³-hybridized carbons (Fsp3) is 0.238. The molecule has 0 aromatic heterocycles. The monoisotopic (exact) mass is 395 g/mol. The average molecular weight is 395 g/mol. The predicted molar refractivity (Wildman–Crippen MR) is 107 cm³/mol. The molecule has 0 saturated carbocycles. The zero-order valence-corrected chi connectivity index (χ0v) is 16.1. The van der Waals surface area contributed by atoms with Crippen LogP contribution in [0.2, 0.25) is 0 Å². The number of carboxylic acid groups (broad SMARTS) is 1. The van der Waals surface area contributed by atoms with Crippen molar-refractivity contribution in [2.75, 3.05) is 24.3 Å². The summed E-state index contributed by atoms with van der Waals surface area (Å²) >= 11 is 0. The molecule has 8 nitrogen and oxygen atoms in total. The van der Waals surface area contributed by atoms with Crippen LogP contribution in [0.1, 0.15) is 33.6 Å². The SMILES string of the molecule is CN(C)c1ccc(NC(=O)CC[C@@H](C(=O)O)N2C(=O)c3ccccc3C2=O)cc1. The Bertz CT molecular complexity index is 934. The summed E-state index contributed by atoms with van der Waals surface area (Å²) < 4.78 is 0. The maximum absolute atomic E-state index is 12.5. The Balaban J connectivity index is 1.66. The minimum Gasteiger partial charge on any atom is -0.480 e. The van der Waals surface area contributed by atoms with Gasteiger partial charge in [0, 0.05) is 31.9 Å². The van der Waals surface area contributed by atoms with Crippen molar-refractivity contribution in [2.24, 2.45) is 0 Å². The lowest BCUT2D eigenvalue weighted by Crippen LogP contribution is -2.45. The number of hydrogen-bond donors (Lipinski definition) is 2. The smallest absolute Gasteiger partial charge is 0.326 e. The molecule has 0 aliphatic carbocycles. The molecule has 0 unspecified atom stereocenters. The number of nitrogens with zero attached hydrogens (tertiary/aromatic N) is 2. The molecule has 0 bridgehead atoms. The van der Waals surface area contributed by atoms with Crippen LogP contribution in [0.5, 0.6) is 0 Å². The van der Waals surface area contributed by atoms with Crippen LogP contribution in [0.25, 0.3) is 0 Å². The van der Waals surface area contributed by atoms with Gasteiger partial charge < -0.3 is 15.3 Å². The first kappa shape index (κ1) is 20.1. The van der Waals surface area contributed by atoms with Gasteiger partial charge in [0.2, 0.25) is 5.91 Å². The van der Waals surface area contributed by atoms with Crippen molar-refractivity contribution in [3.8, 4) is 0 Å². The molecule has 0 saturated heterocycles. The molecular weight excluding hydrogens is 374 g/mol. The fourth-order valence-corrected chi connectivity index (χ4v) is 3.19. The maximum Gasteiger partial charge on any atom is 0.326 e. The van der Waals surface area contributed by atoms with E-state index in [0.29, 0.717) is 5.69 Å². The second kappa shape index (κ2) is 8.14. The molecule has 1 heterocycles. The third-order valence-corrected chi connectivity index (χ3v) is 4.73. The van der Waals surface area contributed by atoms with Gasteiger partial charge in [-0.05, 0) is 42.8 Å². The van der Waals surface area contributed by atoms with Gasteiger partial charge in [0.15, 0.2) is 0 Å². The molecule has 2 aromatic rings. The molecule has 3 amide bonds. The lowest BCUT2D eigenvalue weighted by atomic mass is 10.1. The first-order chi connectivity index (χ1) is 13.8. The summed E-state index contributed by atoms with van der Waals surface area (Å²) in [5.41, 5.74) is 1.90. The number of imide groups is 1. The maximum atomic E-state index is 12.5. The van der Waals surface area contributed by atoms with Crippen molar-refractivity contribution >= 4 is 35.1 Å². The van der Waals surface area contributed by atoms with E-state index in [9.17, 15) is 24.3 Å². The Labute approximate surface area is 167 Å². The van der Waals surface area contributed by atoms with Crippen molar-refractivity contribution in [2.45, 2.75) is 18.9 Å². The Morgan fingerprint density at radius 2 is 1.55 bits per heavy atom. The zero-order chi connectivity index (χ0) is 21.1. The van der Waals surface area contributed by atoms with Crippen LogP contribution < -0.4 is 10.2 Å². The lowest BCUT2D eigenvalue weighted by Gasteiger charge is -2.22. The summed E-state index contributed by atoms with van der Waals surface area (Å²) in [4.78, 5) is 51.6. The molecule has 0 spiro atoms.